The van der Waals surface area contributed by atoms with Crippen LogP contribution < -0.4 is 5.73 Å². The quantitative estimate of drug-likeness (QED) is 0.769. The average molecular weight is 234 g/mol. The van der Waals surface area contributed by atoms with Gasteiger partial charge in [0, 0.05) is 25.2 Å². The van der Waals surface area contributed by atoms with Crippen LogP contribution in [0.15, 0.2) is 24.3 Å². The smallest absolute Gasteiger partial charge is 0.222 e. The van der Waals surface area contributed by atoms with Crippen molar-refractivity contribution in [3.05, 3.63) is 29.8 Å². The van der Waals surface area contributed by atoms with E-state index in [0.29, 0.717) is 13.0 Å². The molecule has 2 N–H and O–H groups in total. The minimum atomic E-state index is 0.242. The Balaban J connectivity index is 2.57. The van der Waals surface area contributed by atoms with Crippen molar-refractivity contribution in [2.75, 3.05) is 12.3 Å². The molecule has 1 aromatic rings. The van der Waals surface area contributed by atoms with E-state index in [4.69, 9.17) is 5.73 Å². The Morgan fingerprint density at radius 2 is 1.88 bits per heavy atom. The van der Waals surface area contributed by atoms with Gasteiger partial charge < -0.3 is 10.6 Å². The van der Waals surface area contributed by atoms with Crippen LogP contribution in [0.5, 0.6) is 0 Å². The number of hydrogen-bond donors (Lipinski definition) is 1. The molecule has 0 aliphatic heterocycles. The molecule has 1 rings (SSSR count). The van der Waals surface area contributed by atoms with Crippen LogP contribution in [0.25, 0.3) is 0 Å². The van der Waals surface area contributed by atoms with Crippen molar-refractivity contribution in [2.45, 2.75) is 39.7 Å². The van der Waals surface area contributed by atoms with E-state index in [1.165, 1.54) is 0 Å². The Morgan fingerprint density at radius 3 is 2.41 bits per heavy atom. The van der Waals surface area contributed by atoms with Gasteiger partial charge >= 0.3 is 0 Å². The van der Waals surface area contributed by atoms with E-state index in [1.54, 1.807) is 0 Å². The van der Waals surface area contributed by atoms with Gasteiger partial charge in [-0.25, -0.2) is 0 Å². The SMILES string of the molecule is CCCCC(=O)N(CC)Cc1ccc(N)cc1. The van der Waals surface area contributed by atoms with Gasteiger partial charge in [-0.1, -0.05) is 25.5 Å². The van der Waals surface area contributed by atoms with Gasteiger partial charge in [0.1, 0.15) is 0 Å². The fourth-order valence-corrected chi connectivity index (χ4v) is 1.71. The number of benzene rings is 1. The minimum Gasteiger partial charge on any atom is -0.399 e. The van der Waals surface area contributed by atoms with Crippen LogP contribution in [0, 0.1) is 0 Å². The molecule has 0 aliphatic rings. The highest BCUT2D eigenvalue weighted by Crippen LogP contribution is 2.10. The third-order valence-corrected chi connectivity index (χ3v) is 2.83. The van der Waals surface area contributed by atoms with E-state index in [2.05, 4.69) is 6.92 Å². The number of carbonyl (C=O) groups excluding carboxylic acids is 1. The third-order valence-electron chi connectivity index (χ3n) is 2.83. The van der Waals surface area contributed by atoms with Crippen molar-refractivity contribution in [1.82, 2.24) is 4.90 Å². The summed E-state index contributed by atoms with van der Waals surface area (Å²) in [7, 11) is 0. The Hall–Kier alpha value is -1.51. The number of rotatable bonds is 6. The molecule has 0 saturated heterocycles. The molecule has 0 aromatic heterocycles. The topological polar surface area (TPSA) is 46.3 Å². The predicted octanol–water partition coefficient (Wildman–Crippen LogP) is 2.81. The summed E-state index contributed by atoms with van der Waals surface area (Å²) in [4.78, 5) is 13.8. The number of nitrogens with two attached hydrogens (primary N) is 1. The van der Waals surface area contributed by atoms with Crippen LogP contribution in [0.2, 0.25) is 0 Å². The molecule has 0 fully saturated rings. The van der Waals surface area contributed by atoms with Crippen LogP contribution in [0.3, 0.4) is 0 Å². The number of nitrogen functional groups attached to an aromatic ring is 1. The molecule has 3 nitrogen and oxygen atoms in total. The molecule has 3 heteroatoms. The molecule has 0 heterocycles. The maximum atomic E-state index is 11.9. The van der Waals surface area contributed by atoms with Gasteiger partial charge in [-0.2, -0.15) is 0 Å². The van der Waals surface area contributed by atoms with Crippen LogP contribution in [-0.2, 0) is 11.3 Å². The summed E-state index contributed by atoms with van der Waals surface area (Å²) in [5, 5.41) is 0. The van der Waals surface area contributed by atoms with Gasteiger partial charge in [-0.15, -0.1) is 0 Å². The van der Waals surface area contributed by atoms with Gasteiger partial charge in [0.15, 0.2) is 0 Å². The van der Waals surface area contributed by atoms with Crippen molar-refractivity contribution in [3.8, 4) is 0 Å². The first-order valence-corrected chi connectivity index (χ1v) is 6.29. The summed E-state index contributed by atoms with van der Waals surface area (Å²) in [6.07, 6.45) is 2.68. The van der Waals surface area contributed by atoms with Crippen LogP contribution in [-0.4, -0.2) is 17.4 Å². The second-order valence-corrected chi connectivity index (χ2v) is 4.25. The van der Waals surface area contributed by atoms with Crippen molar-refractivity contribution >= 4 is 11.6 Å². The third kappa shape index (κ3) is 4.47. The molecule has 17 heavy (non-hydrogen) atoms. The van der Waals surface area contributed by atoms with E-state index in [-0.39, 0.29) is 5.91 Å². The number of unbranched alkanes of at least 4 members (excludes halogenated alkanes) is 1. The van der Waals surface area contributed by atoms with Crippen molar-refractivity contribution in [1.29, 1.82) is 0 Å². The summed E-state index contributed by atoms with van der Waals surface area (Å²) in [6.45, 7) is 5.55. The highest BCUT2D eigenvalue weighted by atomic mass is 16.2. The second kappa shape index (κ2) is 6.94. The van der Waals surface area contributed by atoms with Crippen molar-refractivity contribution < 1.29 is 4.79 Å². The van der Waals surface area contributed by atoms with E-state index in [0.717, 1.165) is 30.6 Å². The monoisotopic (exact) mass is 234 g/mol. The molecule has 0 radical (unpaired) electrons. The van der Waals surface area contributed by atoms with E-state index < -0.39 is 0 Å². The predicted molar refractivity (Wildman–Crippen MR) is 71.5 cm³/mol. The molecule has 0 spiro atoms. The van der Waals surface area contributed by atoms with Gasteiger partial charge in [0.25, 0.3) is 0 Å². The van der Waals surface area contributed by atoms with Crippen molar-refractivity contribution in [2.24, 2.45) is 0 Å². The molecule has 0 aliphatic carbocycles. The fourth-order valence-electron chi connectivity index (χ4n) is 1.71. The molecular formula is C14H22N2O. The Kier molecular flexibility index (Phi) is 5.53. The summed E-state index contributed by atoms with van der Waals surface area (Å²) >= 11 is 0. The zero-order valence-electron chi connectivity index (χ0n) is 10.8. The summed E-state index contributed by atoms with van der Waals surface area (Å²) in [6, 6.07) is 7.70. The Morgan fingerprint density at radius 1 is 1.24 bits per heavy atom. The largest absolute Gasteiger partial charge is 0.399 e. The van der Waals surface area contributed by atoms with Gasteiger partial charge in [0.2, 0.25) is 5.91 Å². The lowest BCUT2D eigenvalue weighted by atomic mass is 10.1. The van der Waals surface area contributed by atoms with Crippen LogP contribution in [0.1, 0.15) is 38.7 Å². The van der Waals surface area contributed by atoms with Crippen LogP contribution in [0.4, 0.5) is 5.69 Å². The minimum absolute atomic E-state index is 0.242. The van der Waals surface area contributed by atoms with Gasteiger partial charge in [0.05, 0.1) is 0 Å². The zero-order valence-corrected chi connectivity index (χ0v) is 10.8. The number of hydrogen-bond acceptors (Lipinski definition) is 2. The Bertz CT molecular complexity index is 346. The summed E-state index contributed by atoms with van der Waals surface area (Å²) in [5.41, 5.74) is 7.52. The van der Waals surface area contributed by atoms with Gasteiger partial charge in [-0.05, 0) is 31.0 Å². The van der Waals surface area contributed by atoms with Crippen LogP contribution >= 0.6 is 0 Å². The summed E-state index contributed by atoms with van der Waals surface area (Å²) < 4.78 is 0. The molecule has 0 bridgehead atoms. The second-order valence-electron chi connectivity index (χ2n) is 4.25. The Labute approximate surface area is 104 Å². The molecule has 94 valence electrons. The highest BCUT2D eigenvalue weighted by Gasteiger charge is 2.10. The fraction of sp³-hybridized carbons (Fsp3) is 0.500. The number of carbonyl (C=O) groups is 1. The number of nitrogens with zero attached hydrogens (tertiary/aromatic N) is 1. The van der Waals surface area contributed by atoms with Crippen molar-refractivity contribution in [3.63, 3.8) is 0 Å². The molecule has 0 saturated carbocycles. The molecule has 0 atom stereocenters. The normalized spacial score (nSPS) is 10.2. The first kappa shape index (κ1) is 13.6. The molecule has 0 unspecified atom stereocenters. The lowest BCUT2D eigenvalue weighted by Gasteiger charge is -2.21. The van der Waals surface area contributed by atoms with E-state index in [1.807, 2.05) is 36.1 Å². The van der Waals surface area contributed by atoms with E-state index >= 15 is 0 Å². The molecular weight excluding hydrogens is 212 g/mol. The maximum Gasteiger partial charge on any atom is 0.222 e. The molecule has 1 aromatic carbocycles. The highest BCUT2D eigenvalue weighted by molar-refractivity contribution is 5.76. The van der Waals surface area contributed by atoms with E-state index in [9.17, 15) is 4.79 Å². The summed E-state index contributed by atoms with van der Waals surface area (Å²) in [5.74, 6) is 0.242. The average Bonchev–Trinajstić information content (AvgIpc) is 2.35. The van der Waals surface area contributed by atoms with Gasteiger partial charge in [-0.3, -0.25) is 4.79 Å². The number of amides is 1. The zero-order chi connectivity index (χ0) is 12.7. The lowest BCUT2D eigenvalue weighted by molar-refractivity contribution is -0.131. The first-order valence-electron chi connectivity index (χ1n) is 6.29. The standard InChI is InChI=1S/C14H22N2O/c1-3-5-6-14(17)16(4-2)11-12-7-9-13(15)10-8-12/h7-10H,3-6,11,15H2,1-2H3. The first-order chi connectivity index (χ1) is 8.17. The molecule has 1 amide bonds. The lowest BCUT2D eigenvalue weighted by Crippen LogP contribution is -2.29. The number of anilines is 1. The maximum absolute atomic E-state index is 11.9.